The maximum absolute atomic E-state index is 11.3. The average molecular weight is 330 g/mol. The minimum atomic E-state index is -0.490. The first-order valence-electron chi connectivity index (χ1n) is 8.30. The lowest BCUT2D eigenvalue weighted by molar-refractivity contribution is -0.124. The third-order valence-electron chi connectivity index (χ3n) is 5.21. The van der Waals surface area contributed by atoms with Crippen LogP contribution in [-0.4, -0.2) is 39.3 Å². The maximum atomic E-state index is 11.3. The zero-order chi connectivity index (χ0) is 16.7. The highest BCUT2D eigenvalue weighted by atomic mass is 16.5. The van der Waals surface area contributed by atoms with Crippen molar-refractivity contribution in [3.8, 4) is 0 Å². The number of ether oxygens (including phenoxy) is 1. The number of likely N-dealkylation sites (tertiary alicyclic amines) is 1. The van der Waals surface area contributed by atoms with Crippen molar-refractivity contribution >= 4 is 5.91 Å². The van der Waals surface area contributed by atoms with Gasteiger partial charge in [0.1, 0.15) is 11.5 Å². The zero-order valence-electron chi connectivity index (χ0n) is 13.8. The molecule has 1 saturated heterocycles. The van der Waals surface area contributed by atoms with Gasteiger partial charge in [0, 0.05) is 25.2 Å². The van der Waals surface area contributed by atoms with E-state index in [1.54, 1.807) is 12.3 Å². The van der Waals surface area contributed by atoms with Gasteiger partial charge in [-0.3, -0.25) is 14.4 Å². The van der Waals surface area contributed by atoms with E-state index in [0.29, 0.717) is 18.8 Å². The molecule has 0 atom stereocenters. The molecular formula is C17H22N4O3. The largest absolute Gasteiger partial charge is 0.469 e. The quantitative estimate of drug-likeness (QED) is 0.920. The number of nitrogens with zero attached hydrogens (tertiary/aromatic N) is 3. The van der Waals surface area contributed by atoms with Crippen molar-refractivity contribution in [3.63, 3.8) is 0 Å². The normalized spacial score (nSPS) is 20.2. The molecule has 0 saturated carbocycles. The van der Waals surface area contributed by atoms with Gasteiger partial charge in [-0.2, -0.15) is 5.10 Å². The fraction of sp³-hybridized carbons (Fsp3) is 0.529. The highest BCUT2D eigenvalue weighted by molar-refractivity contribution is 5.90. The summed E-state index contributed by atoms with van der Waals surface area (Å²) in [5, 5.41) is 4.33. The monoisotopic (exact) mass is 330 g/mol. The Balaban J connectivity index is 1.41. The molecule has 7 heteroatoms. The minimum Gasteiger partial charge on any atom is -0.469 e. The van der Waals surface area contributed by atoms with Crippen LogP contribution < -0.4 is 5.73 Å². The van der Waals surface area contributed by atoms with E-state index in [2.05, 4.69) is 10.00 Å². The van der Waals surface area contributed by atoms with E-state index < -0.39 is 5.91 Å². The van der Waals surface area contributed by atoms with E-state index in [4.69, 9.17) is 14.9 Å². The van der Waals surface area contributed by atoms with Crippen molar-refractivity contribution in [2.45, 2.75) is 45.1 Å². The number of amides is 1. The number of primary amides is 1. The summed E-state index contributed by atoms with van der Waals surface area (Å²) in [5.41, 5.74) is 7.62. The Morgan fingerprint density at radius 2 is 2.21 bits per heavy atom. The lowest BCUT2D eigenvalue weighted by atomic mass is 9.89. The summed E-state index contributed by atoms with van der Waals surface area (Å²) in [6.07, 6.45) is 3.65. The van der Waals surface area contributed by atoms with Crippen LogP contribution in [0.25, 0.3) is 0 Å². The van der Waals surface area contributed by atoms with E-state index in [1.807, 2.05) is 17.7 Å². The Bertz CT molecular complexity index is 756. The molecule has 2 aliphatic rings. The highest BCUT2D eigenvalue weighted by Gasteiger charge is 2.39. The minimum absolute atomic E-state index is 0.185. The molecule has 1 fully saturated rings. The van der Waals surface area contributed by atoms with Crippen molar-refractivity contribution in [3.05, 3.63) is 41.1 Å². The molecule has 4 rings (SSSR count). The summed E-state index contributed by atoms with van der Waals surface area (Å²) in [4.78, 5) is 13.7. The molecule has 2 N–H and O–H groups in total. The predicted molar refractivity (Wildman–Crippen MR) is 86.2 cm³/mol. The first-order valence-corrected chi connectivity index (χ1v) is 8.30. The second-order valence-corrected chi connectivity index (χ2v) is 6.79. The Labute approximate surface area is 140 Å². The number of nitrogens with two attached hydrogens (primary N) is 1. The number of hydrogen-bond acceptors (Lipinski definition) is 5. The second kappa shape index (κ2) is 5.75. The van der Waals surface area contributed by atoms with Crippen LogP contribution in [0.2, 0.25) is 0 Å². The number of aryl methyl sites for hydroxylation is 1. The first-order chi connectivity index (χ1) is 11.5. The number of furan rings is 1. The van der Waals surface area contributed by atoms with Gasteiger partial charge in [-0.05, 0) is 31.9 Å². The summed E-state index contributed by atoms with van der Waals surface area (Å²) in [7, 11) is 0. The van der Waals surface area contributed by atoms with Crippen molar-refractivity contribution < 1.29 is 13.9 Å². The Morgan fingerprint density at radius 3 is 2.88 bits per heavy atom. The van der Waals surface area contributed by atoms with Gasteiger partial charge in [0.15, 0.2) is 0 Å². The molecule has 0 aromatic carbocycles. The fourth-order valence-electron chi connectivity index (χ4n) is 3.61. The molecule has 128 valence electrons. The molecule has 4 heterocycles. The number of piperidine rings is 1. The Kier molecular flexibility index (Phi) is 3.69. The predicted octanol–water partition coefficient (Wildman–Crippen LogP) is 1.45. The average Bonchev–Trinajstić information content (AvgIpc) is 3.16. The van der Waals surface area contributed by atoms with Crippen molar-refractivity contribution in [1.82, 2.24) is 14.7 Å². The molecular weight excluding hydrogens is 308 g/mol. The summed E-state index contributed by atoms with van der Waals surface area (Å²) >= 11 is 0. The van der Waals surface area contributed by atoms with Gasteiger partial charge in [0.05, 0.1) is 30.7 Å². The third-order valence-corrected chi connectivity index (χ3v) is 5.21. The number of hydrogen-bond donors (Lipinski definition) is 1. The van der Waals surface area contributed by atoms with Crippen molar-refractivity contribution in [2.24, 2.45) is 5.73 Å². The molecule has 2 aromatic heterocycles. The van der Waals surface area contributed by atoms with Gasteiger partial charge in [0.2, 0.25) is 0 Å². The van der Waals surface area contributed by atoms with Crippen LogP contribution in [0.1, 0.15) is 40.3 Å². The van der Waals surface area contributed by atoms with Crippen molar-refractivity contribution in [1.29, 1.82) is 0 Å². The van der Waals surface area contributed by atoms with Gasteiger partial charge < -0.3 is 14.9 Å². The molecule has 0 unspecified atom stereocenters. The smallest absolute Gasteiger partial charge is 0.269 e. The summed E-state index contributed by atoms with van der Waals surface area (Å²) in [6, 6.07) is 3.77. The van der Waals surface area contributed by atoms with Gasteiger partial charge in [-0.1, -0.05) is 0 Å². The van der Waals surface area contributed by atoms with Crippen LogP contribution >= 0.6 is 0 Å². The van der Waals surface area contributed by atoms with E-state index in [-0.39, 0.29) is 5.60 Å². The summed E-state index contributed by atoms with van der Waals surface area (Å²) < 4.78 is 13.4. The van der Waals surface area contributed by atoms with Crippen LogP contribution in [-0.2, 0) is 24.4 Å². The van der Waals surface area contributed by atoms with Crippen LogP contribution in [0, 0.1) is 6.92 Å². The van der Waals surface area contributed by atoms with Crippen LogP contribution in [0.4, 0.5) is 0 Å². The van der Waals surface area contributed by atoms with Gasteiger partial charge in [0.25, 0.3) is 5.91 Å². The van der Waals surface area contributed by atoms with Crippen molar-refractivity contribution in [2.75, 3.05) is 13.1 Å². The third kappa shape index (κ3) is 2.74. The van der Waals surface area contributed by atoms with Gasteiger partial charge >= 0.3 is 0 Å². The lowest BCUT2D eigenvalue weighted by Crippen LogP contribution is -2.50. The standard InChI is InChI=1S/C17H22N4O3/c1-12-13(2-7-23-12)9-20-5-3-17(4-6-20)11-21-14(10-24-17)8-15(19-21)16(18)22/h2,7-8H,3-6,9-11H2,1H3,(H2,18,22). The SMILES string of the molecule is Cc1occc1CN1CCC2(CC1)Cn1nc(C(N)=O)cc1CO2. The molecule has 0 bridgehead atoms. The zero-order valence-corrected chi connectivity index (χ0v) is 13.8. The first kappa shape index (κ1) is 15.4. The maximum Gasteiger partial charge on any atom is 0.269 e. The number of rotatable bonds is 3. The van der Waals surface area contributed by atoms with E-state index in [0.717, 1.165) is 43.9 Å². The fourth-order valence-corrected chi connectivity index (χ4v) is 3.61. The Morgan fingerprint density at radius 1 is 1.42 bits per heavy atom. The summed E-state index contributed by atoms with van der Waals surface area (Å²) in [6.45, 7) is 6.04. The molecule has 1 amide bonds. The molecule has 0 aliphatic carbocycles. The molecule has 0 radical (unpaired) electrons. The van der Waals surface area contributed by atoms with Gasteiger partial charge in [-0.25, -0.2) is 0 Å². The number of carbonyl (C=O) groups is 1. The highest BCUT2D eigenvalue weighted by Crippen LogP contribution is 2.33. The van der Waals surface area contributed by atoms with E-state index in [9.17, 15) is 4.79 Å². The Hall–Kier alpha value is -2.12. The van der Waals surface area contributed by atoms with Crippen LogP contribution in [0.5, 0.6) is 0 Å². The van der Waals surface area contributed by atoms with Gasteiger partial charge in [-0.15, -0.1) is 0 Å². The molecule has 7 nitrogen and oxygen atoms in total. The second-order valence-electron chi connectivity index (χ2n) is 6.79. The summed E-state index contributed by atoms with van der Waals surface area (Å²) in [5.74, 6) is 0.501. The molecule has 2 aromatic rings. The van der Waals surface area contributed by atoms with Crippen LogP contribution in [0.15, 0.2) is 22.8 Å². The number of fused-ring (bicyclic) bond motifs is 1. The molecule has 24 heavy (non-hydrogen) atoms. The topological polar surface area (TPSA) is 86.5 Å². The molecule has 1 spiro atoms. The number of aromatic nitrogens is 2. The number of carbonyl (C=O) groups excluding carboxylic acids is 1. The van der Waals surface area contributed by atoms with E-state index >= 15 is 0 Å². The van der Waals surface area contributed by atoms with Crippen LogP contribution in [0.3, 0.4) is 0 Å². The molecule has 2 aliphatic heterocycles. The lowest BCUT2D eigenvalue weighted by Gasteiger charge is -2.43. The van der Waals surface area contributed by atoms with E-state index in [1.165, 1.54) is 5.56 Å².